The Balaban J connectivity index is 1.66. The summed E-state index contributed by atoms with van der Waals surface area (Å²) < 4.78 is 0. The van der Waals surface area contributed by atoms with Gasteiger partial charge in [0.1, 0.15) is 5.69 Å². The van der Waals surface area contributed by atoms with E-state index in [-0.39, 0.29) is 22.4 Å². The summed E-state index contributed by atoms with van der Waals surface area (Å²) in [6.45, 7) is 5.09. The standard InChI is InChI=1S/C20H22ClN3O3/c1-13-11-14(2)19(16(21)12-13)22-20(25)15-7-9-23(10-8-15)17-5-3-4-6-18(17)24(26)27/h3-6,11-12,15H,7-10H2,1-2H3,(H,22,25). The van der Waals surface area contributed by atoms with Gasteiger partial charge in [0.15, 0.2) is 0 Å². The topological polar surface area (TPSA) is 75.5 Å². The molecule has 0 spiro atoms. The monoisotopic (exact) mass is 387 g/mol. The maximum Gasteiger partial charge on any atom is 0.292 e. The fourth-order valence-electron chi connectivity index (χ4n) is 3.57. The highest BCUT2D eigenvalue weighted by atomic mass is 35.5. The van der Waals surface area contributed by atoms with Gasteiger partial charge in [0, 0.05) is 25.1 Å². The van der Waals surface area contributed by atoms with E-state index in [0.29, 0.717) is 42.3 Å². The highest BCUT2D eigenvalue weighted by Gasteiger charge is 2.28. The first-order chi connectivity index (χ1) is 12.9. The normalized spacial score (nSPS) is 14.9. The number of anilines is 2. The molecule has 6 nitrogen and oxygen atoms in total. The Hall–Kier alpha value is -2.60. The number of piperidine rings is 1. The molecule has 1 fully saturated rings. The molecule has 1 N–H and O–H groups in total. The molecule has 27 heavy (non-hydrogen) atoms. The lowest BCUT2D eigenvalue weighted by molar-refractivity contribution is -0.384. The van der Waals surface area contributed by atoms with Gasteiger partial charge in [-0.25, -0.2) is 0 Å². The Morgan fingerprint density at radius 1 is 1.22 bits per heavy atom. The molecule has 1 saturated heterocycles. The predicted octanol–water partition coefficient (Wildman–Crippen LogP) is 4.72. The number of aryl methyl sites for hydroxylation is 2. The smallest absolute Gasteiger partial charge is 0.292 e. The van der Waals surface area contributed by atoms with Gasteiger partial charge in [0.05, 0.1) is 15.6 Å². The molecule has 0 radical (unpaired) electrons. The van der Waals surface area contributed by atoms with Gasteiger partial charge >= 0.3 is 0 Å². The van der Waals surface area contributed by atoms with E-state index >= 15 is 0 Å². The summed E-state index contributed by atoms with van der Waals surface area (Å²) in [7, 11) is 0. The maximum atomic E-state index is 12.7. The van der Waals surface area contributed by atoms with Crippen molar-refractivity contribution in [3.63, 3.8) is 0 Å². The van der Waals surface area contributed by atoms with Crippen LogP contribution in [0.25, 0.3) is 0 Å². The Morgan fingerprint density at radius 3 is 2.52 bits per heavy atom. The molecule has 1 aliphatic heterocycles. The number of carbonyl (C=O) groups excluding carboxylic acids is 1. The van der Waals surface area contributed by atoms with E-state index in [2.05, 4.69) is 5.32 Å². The molecule has 0 atom stereocenters. The number of nitro groups is 1. The lowest BCUT2D eigenvalue weighted by Crippen LogP contribution is -2.38. The van der Waals surface area contributed by atoms with Crippen LogP contribution in [-0.4, -0.2) is 23.9 Å². The number of rotatable bonds is 4. The highest BCUT2D eigenvalue weighted by Crippen LogP contribution is 2.32. The van der Waals surface area contributed by atoms with Crippen LogP contribution in [0.1, 0.15) is 24.0 Å². The second kappa shape index (κ2) is 7.96. The summed E-state index contributed by atoms with van der Waals surface area (Å²) in [4.78, 5) is 25.5. The molecule has 0 aliphatic carbocycles. The lowest BCUT2D eigenvalue weighted by atomic mass is 9.95. The number of hydrogen-bond acceptors (Lipinski definition) is 4. The second-order valence-electron chi connectivity index (χ2n) is 6.94. The van der Waals surface area contributed by atoms with Crippen LogP contribution >= 0.6 is 11.6 Å². The molecule has 7 heteroatoms. The van der Waals surface area contributed by atoms with Crippen LogP contribution in [0, 0.1) is 29.9 Å². The zero-order valence-corrected chi connectivity index (χ0v) is 16.1. The molecule has 0 aromatic heterocycles. The number of nitrogens with one attached hydrogen (secondary N) is 1. The van der Waals surface area contributed by atoms with Crippen molar-refractivity contribution in [1.29, 1.82) is 0 Å². The molecule has 1 amide bonds. The fraction of sp³-hybridized carbons (Fsp3) is 0.350. The van der Waals surface area contributed by atoms with E-state index in [1.54, 1.807) is 18.2 Å². The molecule has 2 aromatic carbocycles. The van der Waals surface area contributed by atoms with Crippen LogP contribution in [0.15, 0.2) is 36.4 Å². The van der Waals surface area contributed by atoms with Crippen LogP contribution in [0.3, 0.4) is 0 Å². The first kappa shape index (κ1) is 19.2. The number of benzene rings is 2. The summed E-state index contributed by atoms with van der Waals surface area (Å²) in [5.74, 6) is -0.188. The Labute approximate surface area is 163 Å². The van der Waals surface area contributed by atoms with Crippen LogP contribution in [0.4, 0.5) is 17.1 Å². The number of carbonyl (C=O) groups is 1. The molecule has 1 heterocycles. The minimum Gasteiger partial charge on any atom is -0.366 e. The Morgan fingerprint density at radius 2 is 1.89 bits per heavy atom. The number of hydrogen-bond donors (Lipinski definition) is 1. The van der Waals surface area contributed by atoms with Crippen molar-refractivity contribution in [1.82, 2.24) is 0 Å². The van der Waals surface area contributed by atoms with Crippen molar-refractivity contribution in [3.8, 4) is 0 Å². The van der Waals surface area contributed by atoms with Crippen molar-refractivity contribution in [2.45, 2.75) is 26.7 Å². The Kier molecular flexibility index (Phi) is 5.65. The van der Waals surface area contributed by atoms with Gasteiger partial charge in [-0.3, -0.25) is 14.9 Å². The molecule has 1 aliphatic rings. The SMILES string of the molecule is Cc1cc(C)c(NC(=O)C2CCN(c3ccccc3[N+](=O)[O-])CC2)c(Cl)c1. The first-order valence-corrected chi connectivity index (χ1v) is 9.30. The predicted molar refractivity (Wildman–Crippen MR) is 108 cm³/mol. The molecule has 0 saturated carbocycles. The van der Waals surface area contributed by atoms with Crippen molar-refractivity contribution >= 4 is 34.6 Å². The number of nitrogens with zero attached hydrogens (tertiary/aromatic N) is 2. The third-order valence-corrected chi connectivity index (χ3v) is 5.26. The number of nitro benzene ring substituents is 1. The number of para-hydroxylation sites is 2. The van der Waals surface area contributed by atoms with E-state index in [9.17, 15) is 14.9 Å². The van der Waals surface area contributed by atoms with Gasteiger partial charge in [-0.05, 0) is 49.9 Å². The van der Waals surface area contributed by atoms with Gasteiger partial charge < -0.3 is 10.2 Å². The summed E-state index contributed by atoms with van der Waals surface area (Å²) in [5.41, 5.74) is 3.36. The van der Waals surface area contributed by atoms with Gasteiger partial charge in [0.2, 0.25) is 5.91 Å². The van der Waals surface area contributed by atoms with E-state index in [1.165, 1.54) is 6.07 Å². The molecule has 0 bridgehead atoms. The molecular weight excluding hydrogens is 366 g/mol. The van der Waals surface area contributed by atoms with Gasteiger partial charge in [-0.1, -0.05) is 29.8 Å². The molecular formula is C20H22ClN3O3. The van der Waals surface area contributed by atoms with E-state index < -0.39 is 0 Å². The van der Waals surface area contributed by atoms with Crippen molar-refractivity contribution in [3.05, 3.63) is 62.7 Å². The van der Waals surface area contributed by atoms with Gasteiger partial charge in [-0.15, -0.1) is 0 Å². The largest absolute Gasteiger partial charge is 0.366 e. The summed E-state index contributed by atoms with van der Waals surface area (Å²) in [6.07, 6.45) is 1.28. The minimum absolute atomic E-state index is 0.0499. The maximum absolute atomic E-state index is 12.7. The number of amides is 1. The van der Waals surface area contributed by atoms with Gasteiger partial charge in [0.25, 0.3) is 5.69 Å². The van der Waals surface area contributed by atoms with Crippen LogP contribution in [0.5, 0.6) is 0 Å². The summed E-state index contributed by atoms with van der Waals surface area (Å²) >= 11 is 6.28. The van der Waals surface area contributed by atoms with Crippen LogP contribution in [-0.2, 0) is 4.79 Å². The Bertz CT molecular complexity index is 854. The zero-order chi connectivity index (χ0) is 19.6. The first-order valence-electron chi connectivity index (χ1n) is 8.93. The molecule has 0 unspecified atom stereocenters. The summed E-state index contributed by atoms with van der Waals surface area (Å²) in [5, 5.41) is 14.7. The zero-order valence-electron chi connectivity index (χ0n) is 15.4. The third kappa shape index (κ3) is 4.22. The van der Waals surface area contributed by atoms with Gasteiger partial charge in [-0.2, -0.15) is 0 Å². The van der Waals surface area contributed by atoms with Crippen LogP contribution in [0.2, 0.25) is 5.02 Å². The molecule has 3 rings (SSSR count). The fourth-order valence-corrected chi connectivity index (χ4v) is 3.94. The van der Waals surface area contributed by atoms with Crippen molar-refractivity contribution in [2.75, 3.05) is 23.3 Å². The summed E-state index contributed by atoms with van der Waals surface area (Å²) in [6, 6.07) is 10.5. The second-order valence-corrected chi connectivity index (χ2v) is 7.34. The average molecular weight is 388 g/mol. The molecule has 2 aromatic rings. The molecule has 142 valence electrons. The van der Waals surface area contributed by atoms with E-state index in [4.69, 9.17) is 11.6 Å². The third-order valence-electron chi connectivity index (χ3n) is 4.96. The van der Waals surface area contributed by atoms with E-state index in [0.717, 1.165) is 11.1 Å². The van der Waals surface area contributed by atoms with Crippen molar-refractivity contribution < 1.29 is 9.72 Å². The van der Waals surface area contributed by atoms with Crippen LogP contribution < -0.4 is 10.2 Å². The quantitative estimate of drug-likeness (QED) is 0.608. The van der Waals surface area contributed by atoms with E-state index in [1.807, 2.05) is 30.9 Å². The van der Waals surface area contributed by atoms with Crippen molar-refractivity contribution in [2.24, 2.45) is 5.92 Å². The average Bonchev–Trinajstić information content (AvgIpc) is 2.64. The minimum atomic E-state index is -0.365. The lowest BCUT2D eigenvalue weighted by Gasteiger charge is -2.32. The highest BCUT2D eigenvalue weighted by molar-refractivity contribution is 6.34. The number of halogens is 1.